The molecule has 6 nitrogen and oxygen atoms in total. The van der Waals surface area contributed by atoms with E-state index in [9.17, 15) is 18.4 Å². The van der Waals surface area contributed by atoms with Gasteiger partial charge in [-0.15, -0.1) is 0 Å². The Hall–Kier alpha value is -3.33. The highest BCUT2D eigenvalue weighted by Gasteiger charge is 2.35. The number of fused-ring (bicyclic) bond motifs is 2. The first-order valence-corrected chi connectivity index (χ1v) is 10.1. The van der Waals surface area contributed by atoms with E-state index < -0.39 is 11.6 Å². The number of halogens is 2. The molecule has 0 bridgehead atoms. The van der Waals surface area contributed by atoms with Crippen LogP contribution in [0.4, 0.5) is 8.78 Å². The molecule has 2 aromatic rings. The molecular weight excluding hydrogens is 424 g/mol. The molecule has 2 amide bonds. The molecule has 4 rings (SSSR count). The Morgan fingerprint density at radius 3 is 2.52 bits per heavy atom. The number of hydrogen-bond donors (Lipinski definition) is 1. The molecule has 2 aromatic carbocycles. The lowest BCUT2D eigenvalue weighted by atomic mass is 10.0. The van der Waals surface area contributed by atoms with Crippen LogP contribution < -0.4 is 10.5 Å². The Kier molecular flexibility index (Phi) is 5.69. The average Bonchev–Trinajstić information content (AvgIpc) is 3.01. The number of nitrogens with zero attached hydrogens (tertiary/aromatic N) is 2. The van der Waals surface area contributed by atoms with Crippen LogP contribution in [-0.2, 0) is 6.42 Å². The molecule has 1 atom stereocenters. The highest BCUT2D eigenvalue weighted by Crippen LogP contribution is 2.31. The molecular formula is C22H19F2N3O3S. The van der Waals surface area contributed by atoms with Crippen molar-refractivity contribution < 1.29 is 23.1 Å². The summed E-state index contributed by atoms with van der Waals surface area (Å²) in [6, 6.07) is 8.32. The molecule has 0 spiro atoms. The number of hydrogen-bond acceptors (Lipinski definition) is 5. The van der Waals surface area contributed by atoms with Crippen molar-refractivity contribution in [3.8, 4) is 5.75 Å². The number of benzene rings is 2. The molecule has 9 heteroatoms. The zero-order valence-corrected chi connectivity index (χ0v) is 17.2. The van der Waals surface area contributed by atoms with Crippen molar-refractivity contribution in [3.63, 3.8) is 0 Å². The smallest absolute Gasteiger partial charge is 0.261 e. The molecule has 2 aliphatic rings. The van der Waals surface area contributed by atoms with E-state index >= 15 is 0 Å². The highest BCUT2D eigenvalue weighted by atomic mass is 32.1. The zero-order valence-electron chi connectivity index (χ0n) is 16.4. The zero-order chi connectivity index (χ0) is 22.1. The summed E-state index contributed by atoms with van der Waals surface area (Å²) in [7, 11) is 0. The van der Waals surface area contributed by atoms with Gasteiger partial charge in [-0.05, 0) is 18.2 Å². The van der Waals surface area contributed by atoms with Crippen LogP contribution in [0.1, 0.15) is 32.7 Å². The lowest BCUT2D eigenvalue weighted by molar-refractivity contribution is 0.0653. The summed E-state index contributed by atoms with van der Waals surface area (Å²) < 4.78 is 33.1. The van der Waals surface area contributed by atoms with Crippen LogP contribution in [0.25, 0.3) is 0 Å². The fourth-order valence-electron chi connectivity index (χ4n) is 3.95. The van der Waals surface area contributed by atoms with Crippen LogP contribution in [0.15, 0.2) is 48.3 Å². The SMILES string of the molecule is N/C=C(/CCN1C(=O)c2ccccc2C1=O)N(C=S)[C@H]1COc2c(F)cc(F)cc2C1. The van der Waals surface area contributed by atoms with Crippen LogP contribution >= 0.6 is 12.2 Å². The second-order valence-electron chi connectivity index (χ2n) is 7.27. The van der Waals surface area contributed by atoms with Gasteiger partial charge in [-0.2, -0.15) is 0 Å². The Morgan fingerprint density at radius 2 is 1.90 bits per heavy atom. The van der Waals surface area contributed by atoms with Crippen LogP contribution in [0, 0.1) is 11.6 Å². The third-order valence-electron chi connectivity index (χ3n) is 5.46. The van der Waals surface area contributed by atoms with E-state index in [2.05, 4.69) is 0 Å². The number of carbonyl (C=O) groups is 2. The molecule has 0 fully saturated rings. The predicted octanol–water partition coefficient (Wildman–Crippen LogP) is 3.01. The number of ether oxygens (including phenoxy) is 1. The molecule has 2 heterocycles. The van der Waals surface area contributed by atoms with E-state index in [-0.39, 0.29) is 43.2 Å². The Labute approximate surface area is 182 Å². The molecule has 0 unspecified atom stereocenters. The lowest BCUT2D eigenvalue weighted by Gasteiger charge is -2.35. The first-order valence-electron chi connectivity index (χ1n) is 9.65. The summed E-state index contributed by atoms with van der Waals surface area (Å²) >= 11 is 5.15. The first kappa shape index (κ1) is 20.9. The number of imide groups is 1. The minimum atomic E-state index is -0.748. The van der Waals surface area contributed by atoms with E-state index in [1.54, 1.807) is 29.2 Å². The van der Waals surface area contributed by atoms with E-state index in [1.165, 1.54) is 22.7 Å². The summed E-state index contributed by atoms with van der Waals surface area (Å²) in [5, 5.41) is 0. The molecule has 0 aliphatic carbocycles. The van der Waals surface area contributed by atoms with Gasteiger partial charge in [0.05, 0.1) is 22.7 Å². The number of rotatable bonds is 6. The Balaban J connectivity index is 1.48. The summed E-state index contributed by atoms with van der Waals surface area (Å²) in [5.41, 5.74) is 8.92. The number of carbonyl (C=O) groups excluding carboxylic acids is 2. The largest absolute Gasteiger partial charge is 0.488 e. The van der Waals surface area contributed by atoms with Gasteiger partial charge in [-0.1, -0.05) is 24.4 Å². The van der Waals surface area contributed by atoms with Crippen molar-refractivity contribution in [2.45, 2.75) is 18.9 Å². The van der Waals surface area contributed by atoms with E-state index in [0.717, 1.165) is 6.07 Å². The van der Waals surface area contributed by atoms with Crippen molar-refractivity contribution >= 4 is 29.5 Å². The van der Waals surface area contributed by atoms with E-state index in [1.807, 2.05) is 0 Å². The van der Waals surface area contributed by atoms with Crippen molar-refractivity contribution in [3.05, 3.63) is 76.6 Å². The van der Waals surface area contributed by atoms with Crippen LogP contribution in [0.2, 0.25) is 0 Å². The highest BCUT2D eigenvalue weighted by molar-refractivity contribution is 7.78. The van der Waals surface area contributed by atoms with Crippen molar-refractivity contribution in [2.24, 2.45) is 5.73 Å². The van der Waals surface area contributed by atoms with Gasteiger partial charge < -0.3 is 15.4 Å². The summed E-state index contributed by atoms with van der Waals surface area (Å²) in [6.07, 6.45) is 1.90. The fraction of sp³-hybridized carbons (Fsp3) is 0.227. The maximum Gasteiger partial charge on any atom is 0.261 e. The van der Waals surface area contributed by atoms with Crippen molar-refractivity contribution in [1.82, 2.24) is 9.80 Å². The molecule has 2 N–H and O–H groups in total. The third-order valence-corrected chi connectivity index (χ3v) is 5.69. The van der Waals surface area contributed by atoms with Gasteiger partial charge in [0.25, 0.3) is 11.8 Å². The standard InChI is InChI=1S/C22H19F2N3O3S/c23-14-7-13-8-16(11-30-20(13)19(24)9-14)27(12-31)15(10-25)5-6-26-21(28)17-3-1-2-4-18(17)22(26)29/h1-4,7,9-10,12,16H,5-6,8,11,25H2/b15-10-/t16-/m1/s1. The first-order chi connectivity index (χ1) is 14.9. The predicted molar refractivity (Wildman–Crippen MR) is 114 cm³/mol. The van der Waals surface area contributed by atoms with E-state index in [4.69, 9.17) is 22.7 Å². The number of amides is 2. The maximum absolute atomic E-state index is 13.9. The molecule has 0 radical (unpaired) electrons. The molecule has 0 saturated heterocycles. The van der Waals surface area contributed by atoms with Gasteiger partial charge in [-0.25, -0.2) is 8.78 Å². The van der Waals surface area contributed by atoms with Crippen molar-refractivity contribution in [2.75, 3.05) is 13.2 Å². The van der Waals surface area contributed by atoms with Gasteiger partial charge in [0.2, 0.25) is 0 Å². The van der Waals surface area contributed by atoms with Gasteiger partial charge >= 0.3 is 0 Å². The third kappa shape index (κ3) is 3.76. The molecule has 31 heavy (non-hydrogen) atoms. The minimum absolute atomic E-state index is 0.0336. The van der Waals surface area contributed by atoms with Gasteiger partial charge in [0, 0.05) is 42.9 Å². The van der Waals surface area contributed by atoms with Crippen LogP contribution in [0.3, 0.4) is 0 Å². The van der Waals surface area contributed by atoms with Gasteiger partial charge in [0.1, 0.15) is 12.4 Å². The number of thiocarbonyl (C=S) groups is 1. The minimum Gasteiger partial charge on any atom is -0.488 e. The number of nitrogens with two attached hydrogens (primary N) is 1. The second kappa shape index (κ2) is 8.43. The van der Waals surface area contributed by atoms with E-state index in [0.29, 0.717) is 28.8 Å². The Bertz CT molecular complexity index is 1070. The molecule has 2 aliphatic heterocycles. The normalized spacial score (nSPS) is 17.8. The average molecular weight is 443 g/mol. The summed E-state index contributed by atoms with van der Waals surface area (Å²) in [4.78, 5) is 28.0. The fourth-order valence-corrected chi connectivity index (χ4v) is 4.26. The topological polar surface area (TPSA) is 75.9 Å². The second-order valence-corrected chi connectivity index (χ2v) is 7.48. The molecule has 0 saturated carbocycles. The molecule has 0 aromatic heterocycles. The lowest BCUT2D eigenvalue weighted by Crippen LogP contribution is -2.43. The maximum atomic E-state index is 13.9. The van der Waals surface area contributed by atoms with Gasteiger partial charge in [0.15, 0.2) is 11.6 Å². The summed E-state index contributed by atoms with van der Waals surface area (Å²) in [6.45, 7) is 0.232. The molecule has 160 valence electrons. The van der Waals surface area contributed by atoms with Crippen LogP contribution in [-0.4, -0.2) is 46.3 Å². The summed E-state index contributed by atoms with van der Waals surface area (Å²) in [5.74, 6) is -2.11. The van der Waals surface area contributed by atoms with Crippen molar-refractivity contribution in [1.29, 1.82) is 0 Å². The quantitative estimate of drug-likeness (QED) is 0.547. The Morgan fingerprint density at radius 1 is 1.23 bits per heavy atom. The van der Waals surface area contributed by atoms with Crippen LogP contribution in [0.5, 0.6) is 5.75 Å². The van der Waals surface area contributed by atoms with Gasteiger partial charge in [-0.3, -0.25) is 14.5 Å². The monoisotopic (exact) mass is 443 g/mol.